The Bertz CT molecular complexity index is 648. The normalized spacial score (nSPS) is 10.5. The topological polar surface area (TPSA) is 50.8 Å². The lowest BCUT2D eigenvalue weighted by atomic mass is 10.1. The van der Waals surface area contributed by atoms with Crippen molar-refractivity contribution in [1.82, 2.24) is 15.2 Å². The molecule has 0 radical (unpaired) electrons. The lowest BCUT2D eigenvalue weighted by Gasteiger charge is -2.07. The van der Waals surface area contributed by atoms with Gasteiger partial charge in [0.25, 0.3) is 0 Å². The minimum Gasteiger partial charge on any atom is -0.489 e. The summed E-state index contributed by atoms with van der Waals surface area (Å²) in [5, 5.41) is 6.72. The van der Waals surface area contributed by atoms with Gasteiger partial charge in [-0.15, -0.1) is 0 Å². The van der Waals surface area contributed by atoms with Crippen molar-refractivity contribution in [2.75, 3.05) is 0 Å². The molecule has 0 atom stereocenters. The van der Waals surface area contributed by atoms with E-state index in [2.05, 4.69) is 39.4 Å². The summed E-state index contributed by atoms with van der Waals surface area (Å²) in [6.07, 6.45) is 3.34. The summed E-state index contributed by atoms with van der Waals surface area (Å²) in [6.45, 7) is 0.595. The van der Waals surface area contributed by atoms with Gasteiger partial charge in [-0.25, -0.2) is 4.98 Å². The molecule has 1 aromatic heterocycles. The molecule has 1 heterocycles. The molecular formula is C17H17N3O. The smallest absolute Gasteiger partial charge is 0.137 e. The molecule has 0 aliphatic rings. The Hall–Kier alpha value is -2.62. The van der Waals surface area contributed by atoms with Crippen molar-refractivity contribution < 1.29 is 4.74 Å². The van der Waals surface area contributed by atoms with Gasteiger partial charge in [0.2, 0.25) is 0 Å². The van der Waals surface area contributed by atoms with Crippen LogP contribution in [0.4, 0.5) is 0 Å². The zero-order chi connectivity index (χ0) is 14.3. The number of nitrogens with one attached hydrogen (secondary N) is 1. The van der Waals surface area contributed by atoms with Crippen LogP contribution in [-0.4, -0.2) is 15.2 Å². The van der Waals surface area contributed by atoms with E-state index in [-0.39, 0.29) is 0 Å². The van der Waals surface area contributed by atoms with Gasteiger partial charge in [-0.05, 0) is 29.7 Å². The summed E-state index contributed by atoms with van der Waals surface area (Å²) in [5.41, 5.74) is 2.44. The molecule has 1 N–H and O–H groups in total. The predicted octanol–water partition coefficient (Wildman–Crippen LogP) is 3.17. The zero-order valence-corrected chi connectivity index (χ0v) is 11.7. The van der Waals surface area contributed by atoms with Gasteiger partial charge in [-0.2, -0.15) is 5.10 Å². The highest BCUT2D eigenvalue weighted by molar-refractivity contribution is 5.28. The summed E-state index contributed by atoms with van der Waals surface area (Å²) < 4.78 is 5.77. The monoisotopic (exact) mass is 279 g/mol. The molecule has 0 aliphatic carbocycles. The number of ether oxygens (including phenoxy) is 1. The van der Waals surface area contributed by atoms with Crippen LogP contribution in [0.5, 0.6) is 5.75 Å². The average molecular weight is 279 g/mol. The first-order valence-electron chi connectivity index (χ1n) is 7.00. The van der Waals surface area contributed by atoms with Gasteiger partial charge in [-0.3, -0.25) is 5.10 Å². The molecule has 0 spiro atoms. The van der Waals surface area contributed by atoms with Crippen LogP contribution in [0.3, 0.4) is 0 Å². The first-order valence-corrected chi connectivity index (χ1v) is 7.00. The molecule has 4 heteroatoms. The molecule has 3 aromatic rings. The highest BCUT2D eigenvalue weighted by Crippen LogP contribution is 2.15. The predicted molar refractivity (Wildman–Crippen MR) is 81.0 cm³/mol. The maximum atomic E-state index is 5.77. The van der Waals surface area contributed by atoms with Crippen LogP contribution in [0.25, 0.3) is 0 Å². The standard InChI is InChI=1S/C17H17N3O/c1-2-4-15(5-3-1)12-21-16-9-6-14(7-10-16)8-11-17-18-13-19-20-17/h1-7,9-10,13H,8,11-12H2,(H,18,19,20). The average Bonchev–Trinajstić information content (AvgIpc) is 3.06. The first-order chi connectivity index (χ1) is 10.4. The molecule has 2 aromatic carbocycles. The molecular weight excluding hydrogens is 262 g/mol. The molecule has 0 bridgehead atoms. The Morgan fingerprint density at radius 3 is 2.38 bits per heavy atom. The number of hydrogen-bond acceptors (Lipinski definition) is 3. The number of aromatic nitrogens is 3. The van der Waals surface area contributed by atoms with E-state index in [1.165, 1.54) is 17.5 Å². The second-order valence-corrected chi connectivity index (χ2v) is 4.85. The molecule has 4 nitrogen and oxygen atoms in total. The van der Waals surface area contributed by atoms with Crippen LogP contribution >= 0.6 is 0 Å². The van der Waals surface area contributed by atoms with Crippen molar-refractivity contribution in [3.05, 3.63) is 77.9 Å². The van der Waals surface area contributed by atoms with E-state index in [1.54, 1.807) is 0 Å². The van der Waals surface area contributed by atoms with Crippen LogP contribution in [-0.2, 0) is 19.4 Å². The highest BCUT2D eigenvalue weighted by Gasteiger charge is 2.00. The number of nitrogens with zero attached hydrogens (tertiary/aromatic N) is 2. The number of aryl methyl sites for hydroxylation is 2. The van der Waals surface area contributed by atoms with Crippen molar-refractivity contribution in [3.63, 3.8) is 0 Å². The van der Waals surface area contributed by atoms with Gasteiger partial charge in [0.05, 0.1) is 0 Å². The first kappa shape index (κ1) is 13.4. The van der Waals surface area contributed by atoms with E-state index >= 15 is 0 Å². The SMILES string of the molecule is c1ccc(COc2ccc(CCc3ncn[nH]3)cc2)cc1. The third kappa shape index (κ3) is 3.92. The molecule has 0 unspecified atom stereocenters. The summed E-state index contributed by atoms with van der Waals surface area (Å²) in [5.74, 6) is 1.81. The maximum Gasteiger partial charge on any atom is 0.137 e. The molecule has 0 saturated heterocycles. The summed E-state index contributed by atoms with van der Waals surface area (Å²) in [4.78, 5) is 4.12. The van der Waals surface area contributed by atoms with Crippen molar-refractivity contribution in [2.24, 2.45) is 0 Å². The molecule has 0 aliphatic heterocycles. The third-order valence-electron chi connectivity index (χ3n) is 3.29. The Balaban J connectivity index is 1.52. The van der Waals surface area contributed by atoms with Crippen molar-refractivity contribution in [2.45, 2.75) is 19.4 Å². The van der Waals surface area contributed by atoms with Crippen LogP contribution in [0.15, 0.2) is 60.9 Å². The Morgan fingerprint density at radius 2 is 1.67 bits per heavy atom. The fourth-order valence-corrected chi connectivity index (χ4v) is 2.11. The number of aromatic amines is 1. The fraction of sp³-hybridized carbons (Fsp3) is 0.176. The minimum atomic E-state index is 0.595. The van der Waals surface area contributed by atoms with Crippen LogP contribution in [0.2, 0.25) is 0 Å². The van der Waals surface area contributed by atoms with Crippen molar-refractivity contribution >= 4 is 0 Å². The lowest BCUT2D eigenvalue weighted by molar-refractivity contribution is 0.306. The number of benzene rings is 2. The quantitative estimate of drug-likeness (QED) is 0.754. The van der Waals surface area contributed by atoms with E-state index in [9.17, 15) is 0 Å². The van der Waals surface area contributed by atoms with E-state index in [1.807, 2.05) is 30.3 Å². The molecule has 106 valence electrons. The van der Waals surface area contributed by atoms with Gasteiger partial charge in [-0.1, -0.05) is 42.5 Å². The fourth-order valence-electron chi connectivity index (χ4n) is 2.11. The number of rotatable bonds is 6. The minimum absolute atomic E-state index is 0.595. The number of H-pyrrole nitrogens is 1. The van der Waals surface area contributed by atoms with E-state index in [0.29, 0.717) is 6.61 Å². The van der Waals surface area contributed by atoms with Gasteiger partial charge >= 0.3 is 0 Å². The van der Waals surface area contributed by atoms with Crippen LogP contribution < -0.4 is 4.74 Å². The second kappa shape index (κ2) is 6.70. The van der Waals surface area contributed by atoms with Crippen molar-refractivity contribution in [3.8, 4) is 5.75 Å². The van der Waals surface area contributed by atoms with Gasteiger partial charge in [0.15, 0.2) is 0 Å². The molecule has 0 fully saturated rings. The molecule has 21 heavy (non-hydrogen) atoms. The van der Waals surface area contributed by atoms with Crippen molar-refractivity contribution in [1.29, 1.82) is 0 Å². The largest absolute Gasteiger partial charge is 0.489 e. The molecule has 0 amide bonds. The molecule has 0 saturated carbocycles. The van der Waals surface area contributed by atoms with E-state index < -0.39 is 0 Å². The summed E-state index contributed by atoms with van der Waals surface area (Å²) in [6, 6.07) is 18.4. The Morgan fingerprint density at radius 1 is 0.857 bits per heavy atom. The Kier molecular flexibility index (Phi) is 4.27. The highest BCUT2D eigenvalue weighted by atomic mass is 16.5. The van der Waals surface area contributed by atoms with Crippen LogP contribution in [0, 0.1) is 0 Å². The summed E-state index contributed by atoms with van der Waals surface area (Å²) >= 11 is 0. The molecule has 3 rings (SSSR count). The van der Waals surface area contributed by atoms with E-state index in [4.69, 9.17) is 4.74 Å². The van der Waals surface area contributed by atoms with E-state index in [0.717, 1.165) is 24.4 Å². The lowest BCUT2D eigenvalue weighted by Crippen LogP contribution is -1.96. The van der Waals surface area contributed by atoms with Gasteiger partial charge in [0, 0.05) is 6.42 Å². The zero-order valence-electron chi connectivity index (χ0n) is 11.7. The van der Waals surface area contributed by atoms with Gasteiger partial charge in [0.1, 0.15) is 24.5 Å². The third-order valence-corrected chi connectivity index (χ3v) is 3.29. The number of hydrogen-bond donors (Lipinski definition) is 1. The summed E-state index contributed by atoms with van der Waals surface area (Å²) in [7, 11) is 0. The van der Waals surface area contributed by atoms with Crippen LogP contribution in [0.1, 0.15) is 17.0 Å². The second-order valence-electron chi connectivity index (χ2n) is 4.85. The maximum absolute atomic E-state index is 5.77. The van der Waals surface area contributed by atoms with Gasteiger partial charge < -0.3 is 4.74 Å². The Labute approximate surface area is 123 Å².